The Hall–Kier alpha value is -1.39. The highest BCUT2D eigenvalue weighted by Gasteiger charge is 2.07. The molecule has 3 nitrogen and oxygen atoms in total. The predicted molar refractivity (Wildman–Crippen MR) is 84.7 cm³/mol. The van der Waals surface area contributed by atoms with E-state index < -0.39 is 0 Å². The molecule has 1 aromatic heterocycles. The molecule has 1 heterocycles. The Morgan fingerprint density at radius 3 is 2.85 bits per heavy atom. The van der Waals surface area contributed by atoms with Crippen molar-refractivity contribution in [3.8, 4) is 5.75 Å². The first kappa shape index (κ1) is 15.0. The Morgan fingerprint density at radius 1 is 1.35 bits per heavy atom. The van der Waals surface area contributed by atoms with E-state index in [0.29, 0.717) is 6.04 Å². The zero-order valence-corrected chi connectivity index (χ0v) is 13.2. The predicted octanol–water partition coefficient (Wildman–Crippen LogP) is 3.22. The molecule has 108 valence electrons. The largest absolute Gasteiger partial charge is 0.496 e. The molecule has 4 heteroatoms. The van der Waals surface area contributed by atoms with Crippen LogP contribution in [0.4, 0.5) is 0 Å². The number of methoxy groups -OCH3 is 1. The summed E-state index contributed by atoms with van der Waals surface area (Å²) in [5, 5.41) is 6.86. The van der Waals surface area contributed by atoms with Crippen LogP contribution in [0.1, 0.15) is 23.2 Å². The lowest BCUT2D eigenvalue weighted by Crippen LogP contribution is -2.30. The third kappa shape index (κ3) is 4.32. The molecule has 0 saturated heterocycles. The molecular formula is C16H22N2OS. The average Bonchev–Trinajstić information content (AvgIpc) is 2.85. The number of ether oxygens (including phenoxy) is 1. The number of hydrogen-bond acceptors (Lipinski definition) is 4. The van der Waals surface area contributed by atoms with Crippen molar-refractivity contribution in [3.05, 3.63) is 45.9 Å². The third-order valence-corrected chi connectivity index (χ3v) is 4.24. The Morgan fingerprint density at radius 2 is 2.15 bits per heavy atom. The zero-order chi connectivity index (χ0) is 14.4. The molecule has 0 aliphatic rings. The molecule has 0 aliphatic carbocycles. The minimum atomic E-state index is 0.423. The normalized spacial score (nSPS) is 12.3. The summed E-state index contributed by atoms with van der Waals surface area (Å²) >= 11 is 1.74. The molecule has 0 radical (unpaired) electrons. The van der Waals surface area contributed by atoms with Crippen molar-refractivity contribution in [3.63, 3.8) is 0 Å². The summed E-state index contributed by atoms with van der Waals surface area (Å²) in [6.07, 6.45) is 1.97. The minimum Gasteiger partial charge on any atom is -0.496 e. The highest BCUT2D eigenvalue weighted by molar-refractivity contribution is 7.09. The molecule has 1 aromatic carbocycles. The van der Waals surface area contributed by atoms with Gasteiger partial charge in [0.15, 0.2) is 0 Å². The number of nitrogens with one attached hydrogen (secondary N) is 1. The summed E-state index contributed by atoms with van der Waals surface area (Å²) in [7, 11) is 1.72. The molecule has 0 spiro atoms. The van der Waals surface area contributed by atoms with Gasteiger partial charge in [0, 0.05) is 30.1 Å². The summed E-state index contributed by atoms with van der Waals surface area (Å²) in [5.74, 6) is 0.969. The van der Waals surface area contributed by atoms with Crippen LogP contribution in [0.5, 0.6) is 5.75 Å². The highest BCUT2D eigenvalue weighted by Crippen LogP contribution is 2.18. The molecule has 0 bridgehead atoms. The second-order valence-electron chi connectivity index (χ2n) is 5.00. The van der Waals surface area contributed by atoms with E-state index in [1.165, 1.54) is 10.6 Å². The fourth-order valence-corrected chi connectivity index (χ4v) is 2.99. The topological polar surface area (TPSA) is 34.1 Å². The number of rotatable bonds is 7. The maximum atomic E-state index is 5.39. The van der Waals surface area contributed by atoms with Crippen molar-refractivity contribution in [2.75, 3.05) is 13.7 Å². The lowest BCUT2D eigenvalue weighted by atomic mass is 10.1. The molecule has 0 fully saturated rings. The molecule has 2 rings (SSSR count). The van der Waals surface area contributed by atoms with Crippen molar-refractivity contribution in [2.24, 2.45) is 0 Å². The summed E-state index contributed by atoms with van der Waals surface area (Å²) < 4.78 is 5.39. The molecule has 1 atom stereocenters. The van der Waals surface area contributed by atoms with E-state index in [-0.39, 0.29) is 0 Å². The van der Waals surface area contributed by atoms with Gasteiger partial charge in [-0.25, -0.2) is 4.98 Å². The van der Waals surface area contributed by atoms with E-state index in [1.807, 2.05) is 19.1 Å². The first-order valence-corrected chi connectivity index (χ1v) is 7.83. The second-order valence-corrected chi connectivity index (χ2v) is 5.95. The molecular weight excluding hydrogens is 268 g/mol. The lowest BCUT2D eigenvalue weighted by molar-refractivity contribution is 0.406. The van der Waals surface area contributed by atoms with Gasteiger partial charge in [-0.05, 0) is 31.9 Å². The average molecular weight is 290 g/mol. The van der Waals surface area contributed by atoms with Gasteiger partial charge >= 0.3 is 0 Å². The maximum absolute atomic E-state index is 5.39. The third-order valence-electron chi connectivity index (χ3n) is 3.22. The van der Waals surface area contributed by atoms with E-state index in [9.17, 15) is 0 Å². The smallest absolute Gasteiger partial charge is 0.122 e. The SMILES string of the molecule is COc1ccccc1CC(C)NCCc1nc(C)cs1. The zero-order valence-electron chi connectivity index (χ0n) is 12.3. The number of aromatic nitrogens is 1. The summed E-state index contributed by atoms with van der Waals surface area (Å²) in [4.78, 5) is 4.48. The van der Waals surface area contributed by atoms with Gasteiger partial charge in [-0.15, -0.1) is 11.3 Å². The van der Waals surface area contributed by atoms with Crippen LogP contribution in [0.15, 0.2) is 29.6 Å². The lowest BCUT2D eigenvalue weighted by Gasteiger charge is -2.15. The van der Waals surface area contributed by atoms with Gasteiger partial charge in [-0.2, -0.15) is 0 Å². The molecule has 0 amide bonds. The van der Waals surface area contributed by atoms with E-state index in [1.54, 1.807) is 18.4 Å². The van der Waals surface area contributed by atoms with Gasteiger partial charge in [-0.3, -0.25) is 0 Å². The first-order chi connectivity index (χ1) is 9.69. The van der Waals surface area contributed by atoms with Crippen LogP contribution < -0.4 is 10.1 Å². The minimum absolute atomic E-state index is 0.423. The van der Waals surface area contributed by atoms with Crippen LogP contribution in [0.25, 0.3) is 0 Å². The van der Waals surface area contributed by atoms with E-state index in [4.69, 9.17) is 4.74 Å². The summed E-state index contributed by atoms with van der Waals surface area (Å²) in [6.45, 7) is 5.21. The molecule has 0 aliphatic heterocycles. The fraction of sp³-hybridized carbons (Fsp3) is 0.438. The van der Waals surface area contributed by atoms with Crippen LogP contribution in [0.3, 0.4) is 0 Å². The molecule has 2 aromatic rings. The van der Waals surface area contributed by atoms with Crippen LogP contribution >= 0.6 is 11.3 Å². The number of benzene rings is 1. The number of thiazole rings is 1. The van der Waals surface area contributed by atoms with Crippen LogP contribution in [-0.4, -0.2) is 24.7 Å². The molecule has 20 heavy (non-hydrogen) atoms. The molecule has 1 N–H and O–H groups in total. The van der Waals surface area contributed by atoms with Gasteiger partial charge in [0.1, 0.15) is 5.75 Å². The van der Waals surface area contributed by atoms with Crippen LogP contribution in [0.2, 0.25) is 0 Å². The number of aryl methyl sites for hydroxylation is 1. The van der Waals surface area contributed by atoms with Crippen molar-refractivity contribution >= 4 is 11.3 Å². The Labute approximate surface area is 125 Å². The molecule has 1 unspecified atom stereocenters. The standard InChI is InChI=1S/C16H22N2OS/c1-12(10-14-6-4-5-7-15(14)19-3)17-9-8-16-18-13(2)11-20-16/h4-7,11-12,17H,8-10H2,1-3H3. The van der Waals surface area contributed by atoms with Gasteiger partial charge < -0.3 is 10.1 Å². The van der Waals surface area contributed by atoms with Gasteiger partial charge in [0.05, 0.1) is 12.1 Å². The van der Waals surface area contributed by atoms with Crippen LogP contribution in [-0.2, 0) is 12.8 Å². The van der Waals surface area contributed by atoms with Crippen molar-refractivity contribution < 1.29 is 4.74 Å². The van der Waals surface area contributed by atoms with Crippen molar-refractivity contribution in [2.45, 2.75) is 32.7 Å². The summed E-state index contributed by atoms with van der Waals surface area (Å²) in [6, 6.07) is 8.63. The summed E-state index contributed by atoms with van der Waals surface area (Å²) in [5.41, 5.74) is 2.37. The molecule has 0 saturated carbocycles. The van der Waals surface area contributed by atoms with E-state index in [0.717, 1.165) is 30.8 Å². The van der Waals surface area contributed by atoms with E-state index >= 15 is 0 Å². The van der Waals surface area contributed by atoms with E-state index in [2.05, 4.69) is 34.7 Å². The van der Waals surface area contributed by atoms with Gasteiger partial charge in [0.2, 0.25) is 0 Å². The quantitative estimate of drug-likeness (QED) is 0.850. The number of hydrogen-bond donors (Lipinski definition) is 1. The Kier molecular flexibility index (Phi) is 5.56. The Balaban J connectivity index is 1.79. The Bertz CT molecular complexity index is 539. The van der Waals surface area contributed by atoms with Crippen LogP contribution in [0, 0.1) is 6.92 Å². The van der Waals surface area contributed by atoms with Gasteiger partial charge in [-0.1, -0.05) is 18.2 Å². The highest BCUT2D eigenvalue weighted by atomic mass is 32.1. The maximum Gasteiger partial charge on any atom is 0.122 e. The first-order valence-electron chi connectivity index (χ1n) is 6.95. The fourth-order valence-electron chi connectivity index (χ4n) is 2.22. The van der Waals surface area contributed by atoms with Crippen molar-refractivity contribution in [1.82, 2.24) is 10.3 Å². The number of nitrogens with zero attached hydrogens (tertiary/aromatic N) is 1. The second kappa shape index (κ2) is 7.41. The number of para-hydroxylation sites is 1. The van der Waals surface area contributed by atoms with Gasteiger partial charge in [0.25, 0.3) is 0 Å². The van der Waals surface area contributed by atoms with Crippen molar-refractivity contribution in [1.29, 1.82) is 0 Å². The monoisotopic (exact) mass is 290 g/mol.